The Morgan fingerprint density at radius 1 is 1.16 bits per heavy atom. The van der Waals surface area contributed by atoms with Crippen molar-refractivity contribution < 1.29 is 13.2 Å². The summed E-state index contributed by atoms with van der Waals surface area (Å²) in [6.07, 6.45) is 0. The summed E-state index contributed by atoms with van der Waals surface area (Å²) >= 11 is 2.73. The quantitative estimate of drug-likeness (QED) is 0.410. The van der Waals surface area contributed by atoms with Gasteiger partial charge in [0.2, 0.25) is 20.7 Å². The molecular formula is C20H19N5O4S3. The van der Waals surface area contributed by atoms with Crippen LogP contribution >= 0.6 is 22.7 Å². The van der Waals surface area contributed by atoms with Gasteiger partial charge in [0.15, 0.2) is 0 Å². The van der Waals surface area contributed by atoms with Crippen molar-refractivity contribution in [1.82, 2.24) is 19.5 Å². The second-order valence-corrected chi connectivity index (χ2v) is 10.4. The van der Waals surface area contributed by atoms with Gasteiger partial charge >= 0.3 is 0 Å². The Labute approximate surface area is 191 Å². The molecule has 3 heterocycles. The number of H-pyrrole nitrogens is 1. The third-order valence-corrected chi connectivity index (χ3v) is 8.43. The van der Waals surface area contributed by atoms with Gasteiger partial charge in [0, 0.05) is 41.0 Å². The van der Waals surface area contributed by atoms with E-state index in [0.717, 1.165) is 11.6 Å². The molecule has 3 aromatic heterocycles. The summed E-state index contributed by atoms with van der Waals surface area (Å²) in [5.74, 6) is -0.577. The zero-order valence-corrected chi connectivity index (χ0v) is 19.6. The largest absolute Gasteiger partial charge is 0.322 e. The topological polar surface area (TPSA) is 125 Å². The van der Waals surface area contributed by atoms with Gasteiger partial charge in [-0.1, -0.05) is 25.2 Å². The second-order valence-electron chi connectivity index (χ2n) is 6.72. The number of hydrogen-bond acceptors (Lipinski definition) is 8. The Hall–Kier alpha value is -2.93. The fourth-order valence-electron chi connectivity index (χ4n) is 3.23. The normalized spacial score (nSPS) is 11.8. The number of fused-ring (bicyclic) bond motifs is 1. The van der Waals surface area contributed by atoms with Crippen LogP contribution in [0.2, 0.25) is 0 Å². The number of nitrogens with zero attached hydrogens (tertiary/aromatic N) is 3. The lowest BCUT2D eigenvalue weighted by molar-refractivity contribution is 0.102. The number of thiophene rings is 1. The minimum atomic E-state index is -3.74. The van der Waals surface area contributed by atoms with E-state index in [1.807, 2.05) is 16.8 Å². The Morgan fingerprint density at radius 2 is 1.94 bits per heavy atom. The molecule has 0 saturated heterocycles. The van der Waals surface area contributed by atoms with Gasteiger partial charge in [-0.2, -0.15) is 15.6 Å². The van der Waals surface area contributed by atoms with Crippen molar-refractivity contribution >= 4 is 54.6 Å². The summed E-state index contributed by atoms with van der Waals surface area (Å²) in [6.45, 7) is 4.15. The van der Waals surface area contributed by atoms with Crippen molar-refractivity contribution in [3.63, 3.8) is 0 Å². The third-order valence-electron chi connectivity index (χ3n) is 4.82. The molecule has 0 atom stereocenters. The molecule has 0 bridgehead atoms. The standard InChI is InChI=1S/C20H19N5O4S3/c1-3-25(4-2)32(28,29)13-5-6-16-14(9-13)15(10-17(26)21-16)18(27)22-20-24-23-19(31-20)12-7-8-30-11-12/h5-11H,3-4H2,1-2H3,(H,21,26)(H,22,24,27). The zero-order chi connectivity index (χ0) is 22.9. The smallest absolute Gasteiger partial charge is 0.258 e. The number of aromatic amines is 1. The lowest BCUT2D eigenvalue weighted by Crippen LogP contribution is -2.30. The molecule has 1 aromatic carbocycles. The molecule has 4 rings (SSSR count). The lowest BCUT2D eigenvalue weighted by Gasteiger charge is -2.18. The van der Waals surface area contributed by atoms with Crippen LogP contribution in [0, 0.1) is 0 Å². The molecule has 0 aliphatic carbocycles. The highest BCUT2D eigenvalue weighted by molar-refractivity contribution is 7.89. The Balaban J connectivity index is 1.73. The molecule has 166 valence electrons. The van der Waals surface area contributed by atoms with E-state index in [2.05, 4.69) is 20.5 Å². The number of aromatic nitrogens is 3. The van der Waals surface area contributed by atoms with Crippen LogP contribution in [0.3, 0.4) is 0 Å². The molecule has 0 aliphatic heterocycles. The van der Waals surface area contributed by atoms with Gasteiger partial charge < -0.3 is 4.98 Å². The van der Waals surface area contributed by atoms with Gasteiger partial charge in [-0.15, -0.1) is 10.2 Å². The Kier molecular flexibility index (Phi) is 6.20. The number of amides is 1. The first-order chi connectivity index (χ1) is 15.3. The molecular weight excluding hydrogens is 470 g/mol. The summed E-state index contributed by atoms with van der Waals surface area (Å²) in [5.41, 5.74) is 0.837. The molecule has 0 radical (unpaired) electrons. The second kappa shape index (κ2) is 8.90. The van der Waals surface area contributed by atoms with Crippen molar-refractivity contribution in [2.75, 3.05) is 18.4 Å². The Bertz CT molecular complexity index is 1440. The average molecular weight is 490 g/mol. The van der Waals surface area contributed by atoms with Crippen LogP contribution in [-0.4, -0.2) is 46.9 Å². The minimum Gasteiger partial charge on any atom is -0.322 e. The van der Waals surface area contributed by atoms with E-state index >= 15 is 0 Å². The van der Waals surface area contributed by atoms with Crippen LogP contribution in [0.4, 0.5) is 5.13 Å². The predicted octanol–water partition coefficient (Wildman–Crippen LogP) is 3.39. The number of benzene rings is 1. The van der Waals surface area contributed by atoms with Crippen molar-refractivity contribution in [1.29, 1.82) is 0 Å². The average Bonchev–Trinajstić information content (AvgIpc) is 3.45. The van der Waals surface area contributed by atoms with E-state index in [9.17, 15) is 18.0 Å². The van der Waals surface area contributed by atoms with E-state index in [0.29, 0.717) is 29.0 Å². The summed E-state index contributed by atoms with van der Waals surface area (Å²) in [5, 5.41) is 15.8. The summed E-state index contributed by atoms with van der Waals surface area (Å²) < 4.78 is 27.2. The fraction of sp³-hybridized carbons (Fsp3) is 0.200. The maximum absolute atomic E-state index is 13.0. The number of pyridine rings is 1. The van der Waals surface area contributed by atoms with Crippen molar-refractivity contribution in [2.45, 2.75) is 18.7 Å². The van der Waals surface area contributed by atoms with Gasteiger partial charge in [-0.3, -0.25) is 14.9 Å². The molecule has 0 aliphatic rings. The number of carbonyl (C=O) groups excluding carboxylic acids is 1. The van der Waals surface area contributed by atoms with Crippen molar-refractivity contribution in [3.8, 4) is 10.6 Å². The minimum absolute atomic E-state index is 0.0467. The maximum atomic E-state index is 13.0. The molecule has 0 unspecified atom stereocenters. The van der Waals surface area contributed by atoms with E-state index < -0.39 is 21.5 Å². The summed E-state index contributed by atoms with van der Waals surface area (Å²) in [7, 11) is -3.74. The fourth-order valence-corrected chi connectivity index (χ4v) is 6.17. The van der Waals surface area contributed by atoms with Gasteiger partial charge in [0.25, 0.3) is 5.91 Å². The number of carbonyl (C=O) groups is 1. The third kappa shape index (κ3) is 4.21. The van der Waals surface area contributed by atoms with Gasteiger partial charge in [-0.25, -0.2) is 8.42 Å². The van der Waals surface area contributed by atoms with E-state index in [-0.39, 0.29) is 15.6 Å². The molecule has 4 aromatic rings. The maximum Gasteiger partial charge on any atom is 0.258 e. The van der Waals surface area contributed by atoms with Crippen LogP contribution in [0.1, 0.15) is 24.2 Å². The highest BCUT2D eigenvalue weighted by atomic mass is 32.2. The SMILES string of the molecule is CCN(CC)S(=O)(=O)c1ccc2[nH]c(=O)cc(C(=O)Nc3nnc(-c4ccsc4)s3)c2c1. The first-order valence-electron chi connectivity index (χ1n) is 9.68. The lowest BCUT2D eigenvalue weighted by atomic mass is 10.1. The van der Waals surface area contributed by atoms with Gasteiger partial charge in [0.1, 0.15) is 5.01 Å². The van der Waals surface area contributed by atoms with E-state index in [4.69, 9.17) is 0 Å². The first-order valence-corrected chi connectivity index (χ1v) is 12.9. The van der Waals surface area contributed by atoms with Crippen molar-refractivity contribution in [2.24, 2.45) is 0 Å². The number of anilines is 1. The van der Waals surface area contributed by atoms with Crippen LogP contribution < -0.4 is 10.9 Å². The van der Waals surface area contributed by atoms with Gasteiger partial charge in [0.05, 0.1) is 10.5 Å². The first kappa shape index (κ1) is 22.3. The van der Waals surface area contributed by atoms with Gasteiger partial charge in [-0.05, 0) is 29.6 Å². The molecule has 2 N–H and O–H groups in total. The number of hydrogen-bond donors (Lipinski definition) is 2. The molecule has 9 nitrogen and oxygen atoms in total. The van der Waals surface area contributed by atoms with Crippen LogP contribution in [0.15, 0.2) is 50.8 Å². The molecule has 12 heteroatoms. The van der Waals surface area contributed by atoms with E-state index in [1.165, 1.54) is 45.2 Å². The van der Waals surface area contributed by atoms with Crippen molar-refractivity contribution in [3.05, 3.63) is 57.0 Å². The van der Waals surface area contributed by atoms with Crippen LogP contribution in [0.25, 0.3) is 21.5 Å². The summed E-state index contributed by atoms with van der Waals surface area (Å²) in [6, 6.07) is 7.37. The highest BCUT2D eigenvalue weighted by Gasteiger charge is 2.23. The molecule has 1 amide bonds. The van der Waals surface area contributed by atoms with E-state index in [1.54, 1.807) is 13.8 Å². The number of sulfonamides is 1. The predicted molar refractivity (Wildman–Crippen MR) is 126 cm³/mol. The van der Waals surface area contributed by atoms with Crippen LogP contribution in [0.5, 0.6) is 0 Å². The Morgan fingerprint density at radius 3 is 2.62 bits per heavy atom. The van der Waals surface area contributed by atoms with Crippen LogP contribution in [-0.2, 0) is 10.0 Å². The molecule has 0 spiro atoms. The monoisotopic (exact) mass is 489 g/mol. The summed E-state index contributed by atoms with van der Waals surface area (Å²) in [4.78, 5) is 27.8. The molecule has 0 saturated carbocycles. The highest BCUT2D eigenvalue weighted by Crippen LogP contribution is 2.29. The zero-order valence-electron chi connectivity index (χ0n) is 17.2. The number of rotatable bonds is 7. The molecule has 0 fully saturated rings. The number of nitrogens with one attached hydrogen (secondary N) is 2. The molecule has 32 heavy (non-hydrogen) atoms.